The van der Waals surface area contributed by atoms with Crippen LogP contribution in [0, 0.1) is 6.92 Å². The predicted octanol–water partition coefficient (Wildman–Crippen LogP) is 3.24. The first-order valence-electron chi connectivity index (χ1n) is 7.11. The number of rotatable bonds is 4. The van der Waals surface area contributed by atoms with Gasteiger partial charge in [-0.05, 0) is 36.8 Å². The third kappa shape index (κ3) is 3.13. The molecule has 1 heterocycles. The molecule has 0 fully saturated rings. The molecule has 124 valence electrons. The molecule has 3 aromatic rings. The molecule has 0 atom stereocenters. The number of halogens is 1. The van der Waals surface area contributed by atoms with Crippen LogP contribution in [0.25, 0.3) is 11.4 Å². The van der Waals surface area contributed by atoms with Gasteiger partial charge in [0.15, 0.2) is 5.82 Å². The minimum Gasteiger partial charge on any atom is -0.317 e. The fraction of sp³-hybridized carbons (Fsp3) is 0.125. The summed E-state index contributed by atoms with van der Waals surface area (Å²) >= 11 is 6.04. The maximum atomic E-state index is 12.7. The van der Waals surface area contributed by atoms with Crippen LogP contribution in [-0.2, 0) is 17.1 Å². The van der Waals surface area contributed by atoms with Crippen LogP contribution in [0.3, 0.4) is 0 Å². The summed E-state index contributed by atoms with van der Waals surface area (Å²) in [5, 5.41) is 8.27. The Morgan fingerprint density at radius 3 is 2.58 bits per heavy atom. The number of nitrogens with one attached hydrogen (secondary N) is 1. The molecule has 0 amide bonds. The quantitative estimate of drug-likeness (QED) is 0.772. The number of anilines is 1. The van der Waals surface area contributed by atoms with E-state index in [1.807, 2.05) is 13.0 Å². The van der Waals surface area contributed by atoms with Gasteiger partial charge in [-0.3, -0.25) is 4.72 Å². The first kappa shape index (κ1) is 16.5. The van der Waals surface area contributed by atoms with Gasteiger partial charge in [0.25, 0.3) is 10.0 Å². The molecular formula is C16H15ClN4O2S. The molecule has 6 nitrogen and oxygen atoms in total. The number of para-hydroxylation sites is 1. The Morgan fingerprint density at radius 1 is 1.17 bits per heavy atom. The third-order valence-electron chi connectivity index (χ3n) is 3.58. The fourth-order valence-electron chi connectivity index (χ4n) is 2.24. The van der Waals surface area contributed by atoms with Crippen molar-refractivity contribution in [1.29, 1.82) is 0 Å². The SMILES string of the molecule is Cc1ccc(S(=O)(=O)Nc2ccccc2-c2nncn2C)cc1Cl. The van der Waals surface area contributed by atoms with Crippen LogP contribution >= 0.6 is 11.6 Å². The van der Waals surface area contributed by atoms with Crippen LogP contribution in [0.15, 0.2) is 53.7 Å². The zero-order valence-corrected chi connectivity index (χ0v) is 14.6. The molecule has 0 radical (unpaired) electrons. The van der Waals surface area contributed by atoms with Gasteiger partial charge in [-0.2, -0.15) is 0 Å². The largest absolute Gasteiger partial charge is 0.317 e. The van der Waals surface area contributed by atoms with Gasteiger partial charge in [-0.15, -0.1) is 10.2 Å². The highest BCUT2D eigenvalue weighted by Gasteiger charge is 2.18. The normalized spacial score (nSPS) is 11.5. The van der Waals surface area contributed by atoms with E-state index in [1.54, 1.807) is 42.2 Å². The van der Waals surface area contributed by atoms with Crippen LogP contribution in [0.2, 0.25) is 5.02 Å². The monoisotopic (exact) mass is 362 g/mol. The second kappa shape index (κ2) is 6.26. The molecule has 0 aliphatic heterocycles. The van der Waals surface area contributed by atoms with E-state index in [0.717, 1.165) is 5.56 Å². The lowest BCUT2D eigenvalue weighted by molar-refractivity contribution is 0.601. The van der Waals surface area contributed by atoms with Gasteiger partial charge < -0.3 is 4.57 Å². The number of hydrogen-bond acceptors (Lipinski definition) is 4. The first-order chi connectivity index (χ1) is 11.4. The lowest BCUT2D eigenvalue weighted by Gasteiger charge is -2.12. The molecule has 1 aromatic heterocycles. The van der Waals surface area contributed by atoms with Gasteiger partial charge in [0.2, 0.25) is 0 Å². The zero-order chi connectivity index (χ0) is 17.3. The number of aromatic nitrogens is 3. The summed E-state index contributed by atoms with van der Waals surface area (Å²) in [4.78, 5) is 0.103. The summed E-state index contributed by atoms with van der Waals surface area (Å²) in [6, 6.07) is 11.6. The topological polar surface area (TPSA) is 76.9 Å². The van der Waals surface area contributed by atoms with Crippen molar-refractivity contribution in [3.63, 3.8) is 0 Å². The van der Waals surface area contributed by atoms with Gasteiger partial charge >= 0.3 is 0 Å². The highest BCUT2D eigenvalue weighted by atomic mass is 35.5. The number of sulfonamides is 1. The van der Waals surface area contributed by atoms with E-state index in [2.05, 4.69) is 14.9 Å². The van der Waals surface area contributed by atoms with E-state index < -0.39 is 10.0 Å². The smallest absolute Gasteiger partial charge is 0.261 e. The summed E-state index contributed by atoms with van der Waals surface area (Å²) in [7, 11) is -1.98. The maximum absolute atomic E-state index is 12.7. The second-order valence-corrected chi connectivity index (χ2v) is 7.42. The Hall–Kier alpha value is -2.38. The Bertz CT molecular complexity index is 999. The average molecular weight is 363 g/mol. The third-order valence-corrected chi connectivity index (χ3v) is 5.35. The molecule has 0 bridgehead atoms. The summed E-state index contributed by atoms with van der Waals surface area (Å²) in [6.45, 7) is 1.82. The Labute approximate surface area is 145 Å². The molecule has 24 heavy (non-hydrogen) atoms. The summed E-state index contributed by atoms with van der Waals surface area (Å²) < 4.78 is 29.6. The lowest BCUT2D eigenvalue weighted by atomic mass is 10.2. The van der Waals surface area contributed by atoms with Crippen LogP contribution in [0.5, 0.6) is 0 Å². The van der Waals surface area contributed by atoms with Crippen molar-refractivity contribution in [3.05, 3.63) is 59.4 Å². The van der Waals surface area contributed by atoms with Gasteiger partial charge in [0.1, 0.15) is 6.33 Å². The van der Waals surface area contributed by atoms with Crippen LogP contribution in [0.4, 0.5) is 5.69 Å². The number of nitrogens with zero attached hydrogens (tertiary/aromatic N) is 3. The number of hydrogen-bond donors (Lipinski definition) is 1. The molecule has 0 saturated carbocycles. The van der Waals surface area contributed by atoms with Gasteiger partial charge in [0.05, 0.1) is 10.6 Å². The van der Waals surface area contributed by atoms with E-state index in [4.69, 9.17) is 11.6 Å². The molecule has 3 rings (SSSR count). The van der Waals surface area contributed by atoms with E-state index >= 15 is 0 Å². The average Bonchev–Trinajstić information content (AvgIpc) is 2.96. The van der Waals surface area contributed by atoms with Crippen molar-refractivity contribution in [3.8, 4) is 11.4 Å². The minimum absolute atomic E-state index is 0.103. The van der Waals surface area contributed by atoms with Crippen molar-refractivity contribution in [2.24, 2.45) is 7.05 Å². The van der Waals surface area contributed by atoms with Gasteiger partial charge in [0, 0.05) is 17.6 Å². The molecule has 2 aromatic carbocycles. The highest BCUT2D eigenvalue weighted by Crippen LogP contribution is 2.28. The van der Waals surface area contributed by atoms with Crippen molar-refractivity contribution in [1.82, 2.24) is 14.8 Å². The van der Waals surface area contributed by atoms with Crippen molar-refractivity contribution >= 4 is 27.3 Å². The molecule has 0 unspecified atom stereocenters. The van der Waals surface area contributed by atoms with E-state index in [0.29, 0.717) is 22.1 Å². The van der Waals surface area contributed by atoms with Crippen LogP contribution < -0.4 is 4.72 Å². The molecule has 0 aliphatic carbocycles. The molecular weight excluding hydrogens is 348 g/mol. The van der Waals surface area contributed by atoms with Crippen LogP contribution in [0.1, 0.15) is 5.56 Å². The minimum atomic E-state index is -3.77. The zero-order valence-electron chi connectivity index (χ0n) is 13.1. The van der Waals surface area contributed by atoms with Crippen molar-refractivity contribution < 1.29 is 8.42 Å². The maximum Gasteiger partial charge on any atom is 0.261 e. The summed E-state index contributed by atoms with van der Waals surface area (Å²) in [6.07, 6.45) is 1.56. The molecule has 1 N–H and O–H groups in total. The Balaban J connectivity index is 2.02. The Kier molecular flexibility index (Phi) is 4.29. The number of aryl methyl sites for hydroxylation is 2. The summed E-state index contributed by atoms with van der Waals surface area (Å²) in [5.74, 6) is 0.565. The molecule has 0 aliphatic rings. The van der Waals surface area contributed by atoms with Gasteiger partial charge in [-0.25, -0.2) is 8.42 Å². The van der Waals surface area contributed by atoms with E-state index in [-0.39, 0.29) is 4.90 Å². The first-order valence-corrected chi connectivity index (χ1v) is 8.97. The molecule has 8 heteroatoms. The van der Waals surface area contributed by atoms with Gasteiger partial charge in [-0.1, -0.05) is 29.8 Å². The van der Waals surface area contributed by atoms with E-state index in [1.165, 1.54) is 12.1 Å². The predicted molar refractivity (Wildman–Crippen MR) is 93.4 cm³/mol. The molecule has 0 saturated heterocycles. The fourth-order valence-corrected chi connectivity index (χ4v) is 3.59. The lowest BCUT2D eigenvalue weighted by Crippen LogP contribution is -2.14. The number of benzene rings is 2. The molecule has 0 spiro atoms. The summed E-state index contributed by atoms with van der Waals surface area (Å²) in [5.41, 5.74) is 1.87. The van der Waals surface area contributed by atoms with E-state index in [9.17, 15) is 8.42 Å². The second-order valence-electron chi connectivity index (χ2n) is 5.33. The standard InChI is InChI=1S/C16H15ClN4O2S/c1-11-7-8-12(9-14(11)17)24(22,23)20-15-6-4-3-5-13(15)16-19-18-10-21(16)2/h3-10,20H,1-2H3. The van der Waals surface area contributed by atoms with Crippen LogP contribution in [-0.4, -0.2) is 23.2 Å². The highest BCUT2D eigenvalue weighted by molar-refractivity contribution is 7.92. The van der Waals surface area contributed by atoms with Crippen molar-refractivity contribution in [2.75, 3.05) is 4.72 Å². The van der Waals surface area contributed by atoms with Crippen molar-refractivity contribution in [2.45, 2.75) is 11.8 Å². The Morgan fingerprint density at radius 2 is 1.92 bits per heavy atom.